The van der Waals surface area contributed by atoms with Crippen molar-refractivity contribution in [1.82, 2.24) is 0 Å². The standard InChI is InChI=1S/C17H18BrNO/c1-11(2)13-7-9-14(10-8-13)19-17(20)15-6-4-5-12(3)16(15)18/h4-11H,1-3H3,(H,19,20). The van der Waals surface area contributed by atoms with Crippen molar-refractivity contribution in [2.75, 3.05) is 5.32 Å². The fourth-order valence-electron chi connectivity index (χ4n) is 1.97. The number of carbonyl (C=O) groups excluding carboxylic acids is 1. The van der Waals surface area contributed by atoms with Crippen LogP contribution in [0.5, 0.6) is 0 Å². The molecule has 3 heteroatoms. The lowest BCUT2D eigenvalue weighted by Crippen LogP contribution is -2.13. The number of anilines is 1. The topological polar surface area (TPSA) is 29.1 Å². The van der Waals surface area contributed by atoms with Gasteiger partial charge >= 0.3 is 0 Å². The van der Waals surface area contributed by atoms with Crippen LogP contribution < -0.4 is 5.32 Å². The summed E-state index contributed by atoms with van der Waals surface area (Å²) in [5.41, 5.74) is 3.78. The highest BCUT2D eigenvalue weighted by atomic mass is 79.9. The van der Waals surface area contributed by atoms with Crippen LogP contribution in [0.4, 0.5) is 5.69 Å². The molecule has 0 radical (unpaired) electrons. The molecular weight excluding hydrogens is 314 g/mol. The van der Waals surface area contributed by atoms with Gasteiger partial charge < -0.3 is 5.32 Å². The summed E-state index contributed by atoms with van der Waals surface area (Å²) >= 11 is 3.46. The van der Waals surface area contributed by atoms with Gasteiger partial charge in [-0.05, 0) is 58.1 Å². The average Bonchev–Trinajstić information content (AvgIpc) is 2.42. The van der Waals surface area contributed by atoms with Gasteiger partial charge in [0.05, 0.1) is 5.56 Å². The SMILES string of the molecule is Cc1cccc(C(=O)Nc2ccc(C(C)C)cc2)c1Br. The second-order valence-corrected chi connectivity index (χ2v) is 5.96. The first kappa shape index (κ1) is 14.8. The lowest BCUT2D eigenvalue weighted by Gasteiger charge is -2.10. The summed E-state index contributed by atoms with van der Waals surface area (Å²) in [6.07, 6.45) is 0. The van der Waals surface area contributed by atoms with Gasteiger partial charge in [0, 0.05) is 10.2 Å². The van der Waals surface area contributed by atoms with E-state index in [0.717, 1.165) is 15.7 Å². The molecule has 0 spiro atoms. The smallest absolute Gasteiger partial charge is 0.256 e. The Hall–Kier alpha value is -1.61. The van der Waals surface area contributed by atoms with Crippen LogP contribution in [0.15, 0.2) is 46.9 Å². The molecule has 0 unspecified atom stereocenters. The van der Waals surface area contributed by atoms with E-state index in [9.17, 15) is 4.79 Å². The number of carbonyl (C=O) groups is 1. The molecule has 0 aliphatic carbocycles. The molecule has 0 atom stereocenters. The molecule has 1 N–H and O–H groups in total. The first-order chi connectivity index (χ1) is 9.49. The monoisotopic (exact) mass is 331 g/mol. The molecule has 0 saturated heterocycles. The summed E-state index contributed by atoms with van der Waals surface area (Å²) in [5.74, 6) is 0.392. The summed E-state index contributed by atoms with van der Waals surface area (Å²) < 4.78 is 0.844. The Morgan fingerprint density at radius 2 is 1.75 bits per heavy atom. The van der Waals surface area contributed by atoms with E-state index in [1.807, 2.05) is 49.4 Å². The minimum absolute atomic E-state index is 0.0992. The molecule has 2 aromatic rings. The number of nitrogens with one attached hydrogen (secondary N) is 1. The van der Waals surface area contributed by atoms with Crippen LogP contribution in [-0.4, -0.2) is 5.91 Å². The molecule has 0 heterocycles. The Bertz CT molecular complexity index is 617. The fourth-order valence-corrected chi connectivity index (χ4v) is 2.42. The molecule has 0 aromatic heterocycles. The maximum Gasteiger partial charge on any atom is 0.256 e. The van der Waals surface area contributed by atoms with E-state index >= 15 is 0 Å². The van der Waals surface area contributed by atoms with Gasteiger partial charge in [-0.2, -0.15) is 0 Å². The normalized spacial score (nSPS) is 10.7. The number of rotatable bonds is 3. The lowest BCUT2D eigenvalue weighted by atomic mass is 10.0. The number of amides is 1. The third kappa shape index (κ3) is 3.28. The zero-order valence-electron chi connectivity index (χ0n) is 11.9. The fraction of sp³-hybridized carbons (Fsp3) is 0.235. The number of hydrogen-bond donors (Lipinski definition) is 1. The Kier molecular flexibility index (Phi) is 4.61. The van der Waals surface area contributed by atoms with Gasteiger partial charge in [-0.3, -0.25) is 4.79 Å². The summed E-state index contributed by atoms with van der Waals surface area (Å²) in [6.45, 7) is 6.27. The summed E-state index contributed by atoms with van der Waals surface area (Å²) in [6, 6.07) is 13.6. The molecule has 104 valence electrons. The van der Waals surface area contributed by atoms with Crippen LogP contribution >= 0.6 is 15.9 Å². The van der Waals surface area contributed by atoms with E-state index in [2.05, 4.69) is 35.1 Å². The zero-order valence-corrected chi connectivity index (χ0v) is 13.5. The molecule has 0 aliphatic heterocycles. The highest BCUT2D eigenvalue weighted by Crippen LogP contribution is 2.23. The summed E-state index contributed by atoms with van der Waals surface area (Å²) in [7, 11) is 0. The van der Waals surface area contributed by atoms with Crippen LogP contribution in [0.1, 0.15) is 41.3 Å². The van der Waals surface area contributed by atoms with E-state index in [0.29, 0.717) is 11.5 Å². The van der Waals surface area contributed by atoms with Crippen molar-refractivity contribution in [3.05, 3.63) is 63.6 Å². The quantitative estimate of drug-likeness (QED) is 0.829. The maximum atomic E-state index is 12.3. The van der Waals surface area contributed by atoms with Crippen molar-refractivity contribution in [2.24, 2.45) is 0 Å². The van der Waals surface area contributed by atoms with E-state index < -0.39 is 0 Å². The van der Waals surface area contributed by atoms with Crippen LogP contribution in [0.3, 0.4) is 0 Å². The molecule has 2 nitrogen and oxygen atoms in total. The molecule has 1 amide bonds. The average molecular weight is 332 g/mol. The predicted octanol–water partition coefficient (Wildman–Crippen LogP) is 5.13. The van der Waals surface area contributed by atoms with E-state index in [4.69, 9.17) is 0 Å². The second-order valence-electron chi connectivity index (χ2n) is 5.17. The zero-order chi connectivity index (χ0) is 14.7. The third-order valence-corrected chi connectivity index (χ3v) is 4.32. The number of aryl methyl sites for hydroxylation is 1. The van der Waals surface area contributed by atoms with Crippen molar-refractivity contribution >= 4 is 27.5 Å². The number of hydrogen-bond acceptors (Lipinski definition) is 1. The van der Waals surface area contributed by atoms with Crippen molar-refractivity contribution in [2.45, 2.75) is 26.7 Å². The van der Waals surface area contributed by atoms with Crippen LogP contribution in [0, 0.1) is 6.92 Å². The molecule has 0 fully saturated rings. The van der Waals surface area contributed by atoms with Crippen molar-refractivity contribution in [3.63, 3.8) is 0 Å². The van der Waals surface area contributed by atoms with Gasteiger partial charge in [0.15, 0.2) is 0 Å². The summed E-state index contributed by atoms with van der Waals surface area (Å²) in [4.78, 5) is 12.3. The minimum atomic E-state index is -0.0992. The van der Waals surface area contributed by atoms with Crippen molar-refractivity contribution in [1.29, 1.82) is 0 Å². The number of benzene rings is 2. The molecule has 0 aliphatic rings. The predicted molar refractivity (Wildman–Crippen MR) is 87.4 cm³/mol. The van der Waals surface area contributed by atoms with E-state index in [-0.39, 0.29) is 5.91 Å². The van der Waals surface area contributed by atoms with Gasteiger partial charge in [-0.25, -0.2) is 0 Å². The molecular formula is C17H18BrNO. The first-order valence-corrected chi connectivity index (χ1v) is 7.44. The second kappa shape index (κ2) is 6.23. The van der Waals surface area contributed by atoms with E-state index in [1.165, 1.54) is 5.56 Å². The van der Waals surface area contributed by atoms with Crippen LogP contribution in [0.25, 0.3) is 0 Å². The Morgan fingerprint density at radius 1 is 1.10 bits per heavy atom. The minimum Gasteiger partial charge on any atom is -0.322 e. The highest BCUT2D eigenvalue weighted by molar-refractivity contribution is 9.10. The number of halogens is 1. The van der Waals surface area contributed by atoms with Gasteiger partial charge in [0.25, 0.3) is 5.91 Å². The maximum absolute atomic E-state index is 12.3. The highest BCUT2D eigenvalue weighted by Gasteiger charge is 2.11. The molecule has 0 saturated carbocycles. The van der Waals surface area contributed by atoms with Crippen molar-refractivity contribution < 1.29 is 4.79 Å². The van der Waals surface area contributed by atoms with Gasteiger partial charge in [0.2, 0.25) is 0 Å². The molecule has 20 heavy (non-hydrogen) atoms. The van der Waals surface area contributed by atoms with Crippen molar-refractivity contribution in [3.8, 4) is 0 Å². The van der Waals surface area contributed by atoms with E-state index in [1.54, 1.807) is 0 Å². The Balaban J connectivity index is 2.17. The lowest BCUT2D eigenvalue weighted by molar-refractivity contribution is 0.102. The van der Waals surface area contributed by atoms with Gasteiger partial charge in [-0.1, -0.05) is 38.1 Å². The largest absolute Gasteiger partial charge is 0.322 e. The first-order valence-electron chi connectivity index (χ1n) is 6.65. The third-order valence-electron chi connectivity index (χ3n) is 3.27. The molecule has 0 bridgehead atoms. The molecule has 2 aromatic carbocycles. The van der Waals surface area contributed by atoms with Gasteiger partial charge in [0.1, 0.15) is 0 Å². The Morgan fingerprint density at radius 3 is 2.35 bits per heavy atom. The van der Waals surface area contributed by atoms with Crippen LogP contribution in [0.2, 0.25) is 0 Å². The van der Waals surface area contributed by atoms with Crippen LogP contribution in [-0.2, 0) is 0 Å². The van der Waals surface area contributed by atoms with Gasteiger partial charge in [-0.15, -0.1) is 0 Å². The summed E-state index contributed by atoms with van der Waals surface area (Å²) in [5, 5.41) is 2.92. The Labute approximate surface area is 128 Å². The molecule has 2 rings (SSSR count).